The number of carbonyl (C=O) groups excluding carboxylic acids is 1. The van der Waals surface area contributed by atoms with Crippen LogP contribution in [0, 0.1) is 17.8 Å². The maximum absolute atomic E-state index is 12.2. The molecule has 19 heavy (non-hydrogen) atoms. The predicted molar refractivity (Wildman–Crippen MR) is 78.7 cm³/mol. The summed E-state index contributed by atoms with van der Waals surface area (Å²) in [5.74, 6) is 2.27. The minimum atomic E-state index is 0.214. The molecule has 3 atom stereocenters. The van der Waals surface area contributed by atoms with Gasteiger partial charge in [0, 0.05) is 19.0 Å². The summed E-state index contributed by atoms with van der Waals surface area (Å²) >= 11 is 0. The first-order chi connectivity index (χ1) is 9.19. The third kappa shape index (κ3) is 4.48. The quantitative estimate of drug-likeness (QED) is 0.804. The summed E-state index contributed by atoms with van der Waals surface area (Å²) in [5, 5.41) is 3.21. The molecule has 0 radical (unpaired) electrons. The molecule has 3 heteroatoms. The standard InChI is InChI=1S/C16H30N2O/c1-12-7-8-13(9-12)10-16(19)18-15(11-17)14-5-3-2-4-6-14/h12-15H,2-11,17H2,1H3,(H,18,19). The first kappa shape index (κ1) is 14.8. The Labute approximate surface area is 117 Å². The fourth-order valence-corrected chi connectivity index (χ4v) is 3.94. The zero-order valence-corrected chi connectivity index (χ0v) is 12.4. The lowest BCUT2D eigenvalue weighted by atomic mass is 9.83. The molecular weight excluding hydrogens is 236 g/mol. The van der Waals surface area contributed by atoms with Gasteiger partial charge in [-0.15, -0.1) is 0 Å². The Bertz CT molecular complexity index is 286. The second-order valence-corrected chi connectivity index (χ2v) is 6.80. The fourth-order valence-electron chi connectivity index (χ4n) is 3.94. The number of carbonyl (C=O) groups is 1. The summed E-state index contributed by atoms with van der Waals surface area (Å²) in [6, 6.07) is 0.214. The van der Waals surface area contributed by atoms with E-state index in [1.807, 2.05) is 0 Å². The van der Waals surface area contributed by atoms with Gasteiger partial charge in [-0.2, -0.15) is 0 Å². The van der Waals surface area contributed by atoms with Gasteiger partial charge in [-0.05, 0) is 43.4 Å². The third-order valence-electron chi connectivity index (χ3n) is 5.10. The van der Waals surface area contributed by atoms with Crippen molar-refractivity contribution < 1.29 is 4.79 Å². The molecule has 3 unspecified atom stereocenters. The Morgan fingerprint density at radius 1 is 1.21 bits per heavy atom. The van der Waals surface area contributed by atoms with Crippen molar-refractivity contribution in [1.29, 1.82) is 0 Å². The molecule has 0 aliphatic heterocycles. The second kappa shape index (κ2) is 7.28. The highest BCUT2D eigenvalue weighted by Crippen LogP contribution is 2.32. The largest absolute Gasteiger partial charge is 0.352 e. The lowest BCUT2D eigenvalue weighted by Gasteiger charge is -2.30. The molecular formula is C16H30N2O. The van der Waals surface area contributed by atoms with Crippen LogP contribution in [-0.2, 0) is 4.79 Å². The van der Waals surface area contributed by atoms with E-state index in [4.69, 9.17) is 5.73 Å². The van der Waals surface area contributed by atoms with Crippen molar-refractivity contribution >= 4 is 5.91 Å². The van der Waals surface area contributed by atoms with Crippen LogP contribution in [0.3, 0.4) is 0 Å². The lowest BCUT2D eigenvalue weighted by Crippen LogP contribution is -2.46. The van der Waals surface area contributed by atoms with Gasteiger partial charge in [0.15, 0.2) is 0 Å². The van der Waals surface area contributed by atoms with Crippen LogP contribution in [0.5, 0.6) is 0 Å². The van der Waals surface area contributed by atoms with Gasteiger partial charge in [-0.1, -0.05) is 32.6 Å². The molecule has 2 fully saturated rings. The van der Waals surface area contributed by atoms with Gasteiger partial charge < -0.3 is 11.1 Å². The van der Waals surface area contributed by atoms with E-state index in [0.717, 1.165) is 5.92 Å². The summed E-state index contributed by atoms with van der Waals surface area (Å²) < 4.78 is 0. The Morgan fingerprint density at radius 3 is 2.53 bits per heavy atom. The van der Waals surface area contributed by atoms with E-state index < -0.39 is 0 Å². The van der Waals surface area contributed by atoms with E-state index in [2.05, 4.69) is 12.2 Å². The number of hydrogen-bond acceptors (Lipinski definition) is 2. The van der Waals surface area contributed by atoms with E-state index in [0.29, 0.717) is 24.8 Å². The van der Waals surface area contributed by atoms with E-state index >= 15 is 0 Å². The molecule has 0 saturated heterocycles. The second-order valence-electron chi connectivity index (χ2n) is 6.80. The molecule has 2 rings (SSSR count). The van der Waals surface area contributed by atoms with Crippen LogP contribution in [0.4, 0.5) is 0 Å². The Hall–Kier alpha value is -0.570. The van der Waals surface area contributed by atoms with Crippen LogP contribution in [0.15, 0.2) is 0 Å². The van der Waals surface area contributed by atoms with Crippen molar-refractivity contribution in [2.24, 2.45) is 23.5 Å². The summed E-state index contributed by atoms with van der Waals surface area (Å²) in [4.78, 5) is 12.2. The molecule has 2 aliphatic rings. The molecule has 2 saturated carbocycles. The van der Waals surface area contributed by atoms with Crippen LogP contribution >= 0.6 is 0 Å². The molecule has 1 amide bonds. The highest BCUT2D eigenvalue weighted by Gasteiger charge is 2.27. The minimum Gasteiger partial charge on any atom is -0.352 e. The fraction of sp³-hybridized carbons (Fsp3) is 0.938. The average Bonchev–Trinajstić information content (AvgIpc) is 2.82. The van der Waals surface area contributed by atoms with E-state index in [1.165, 1.54) is 51.4 Å². The lowest BCUT2D eigenvalue weighted by molar-refractivity contribution is -0.123. The van der Waals surface area contributed by atoms with Crippen molar-refractivity contribution in [3.8, 4) is 0 Å². The molecule has 0 heterocycles. The van der Waals surface area contributed by atoms with Crippen LogP contribution in [0.1, 0.15) is 64.7 Å². The zero-order chi connectivity index (χ0) is 13.7. The first-order valence-corrected chi connectivity index (χ1v) is 8.18. The molecule has 2 aliphatic carbocycles. The maximum atomic E-state index is 12.2. The Balaban J connectivity index is 1.75. The van der Waals surface area contributed by atoms with Crippen molar-refractivity contribution in [1.82, 2.24) is 5.32 Å². The molecule has 0 bridgehead atoms. The minimum absolute atomic E-state index is 0.214. The maximum Gasteiger partial charge on any atom is 0.220 e. The highest BCUT2D eigenvalue weighted by atomic mass is 16.1. The van der Waals surface area contributed by atoms with Gasteiger partial charge in [-0.25, -0.2) is 0 Å². The average molecular weight is 266 g/mol. The van der Waals surface area contributed by atoms with Gasteiger partial charge in [0.1, 0.15) is 0 Å². The zero-order valence-electron chi connectivity index (χ0n) is 12.4. The Kier molecular flexibility index (Phi) is 5.68. The first-order valence-electron chi connectivity index (χ1n) is 8.18. The highest BCUT2D eigenvalue weighted by molar-refractivity contribution is 5.76. The number of hydrogen-bond donors (Lipinski definition) is 2. The van der Waals surface area contributed by atoms with E-state index in [-0.39, 0.29) is 11.9 Å². The van der Waals surface area contributed by atoms with Crippen LogP contribution in [0.25, 0.3) is 0 Å². The molecule has 3 N–H and O–H groups in total. The SMILES string of the molecule is CC1CCC(CC(=O)NC(CN)C2CCCCC2)C1. The number of nitrogens with two attached hydrogens (primary N) is 1. The molecule has 0 aromatic rings. The van der Waals surface area contributed by atoms with E-state index in [1.54, 1.807) is 0 Å². The van der Waals surface area contributed by atoms with Crippen molar-refractivity contribution in [2.45, 2.75) is 70.8 Å². The summed E-state index contributed by atoms with van der Waals surface area (Å²) in [6.07, 6.45) is 10.9. The predicted octanol–water partition coefficient (Wildman–Crippen LogP) is 2.84. The smallest absolute Gasteiger partial charge is 0.220 e. The topological polar surface area (TPSA) is 55.1 Å². The number of amides is 1. The molecule has 110 valence electrons. The summed E-state index contributed by atoms with van der Waals surface area (Å²) in [7, 11) is 0. The normalized spacial score (nSPS) is 30.2. The van der Waals surface area contributed by atoms with Crippen LogP contribution in [-0.4, -0.2) is 18.5 Å². The van der Waals surface area contributed by atoms with Crippen molar-refractivity contribution in [2.75, 3.05) is 6.54 Å². The molecule has 0 aromatic carbocycles. The van der Waals surface area contributed by atoms with Gasteiger partial charge in [-0.3, -0.25) is 4.79 Å². The molecule has 0 aromatic heterocycles. The van der Waals surface area contributed by atoms with Crippen LogP contribution < -0.4 is 11.1 Å². The Morgan fingerprint density at radius 2 is 1.95 bits per heavy atom. The van der Waals surface area contributed by atoms with Gasteiger partial charge in [0.05, 0.1) is 0 Å². The monoisotopic (exact) mass is 266 g/mol. The van der Waals surface area contributed by atoms with Gasteiger partial charge in [0.2, 0.25) is 5.91 Å². The van der Waals surface area contributed by atoms with Crippen LogP contribution in [0.2, 0.25) is 0 Å². The van der Waals surface area contributed by atoms with Crippen molar-refractivity contribution in [3.63, 3.8) is 0 Å². The number of nitrogens with one attached hydrogen (secondary N) is 1. The van der Waals surface area contributed by atoms with Gasteiger partial charge >= 0.3 is 0 Å². The van der Waals surface area contributed by atoms with Gasteiger partial charge in [0.25, 0.3) is 0 Å². The molecule has 0 spiro atoms. The number of rotatable bonds is 5. The summed E-state index contributed by atoms with van der Waals surface area (Å²) in [6.45, 7) is 2.89. The van der Waals surface area contributed by atoms with E-state index in [9.17, 15) is 4.79 Å². The third-order valence-corrected chi connectivity index (χ3v) is 5.10. The summed E-state index contributed by atoms with van der Waals surface area (Å²) in [5.41, 5.74) is 5.87. The van der Waals surface area contributed by atoms with Crippen molar-refractivity contribution in [3.05, 3.63) is 0 Å². The molecule has 3 nitrogen and oxygen atoms in total.